The number of hydrogen-bond donors (Lipinski definition) is 2. The van der Waals surface area contributed by atoms with Gasteiger partial charge in [0.15, 0.2) is 0 Å². The number of carbonyl (C=O) groups is 1. The van der Waals surface area contributed by atoms with Gasteiger partial charge in [-0.25, -0.2) is 0 Å². The summed E-state index contributed by atoms with van der Waals surface area (Å²) in [7, 11) is 0. The molecule has 1 amide bonds. The highest BCUT2D eigenvalue weighted by molar-refractivity contribution is 5.94. The molecule has 24 heavy (non-hydrogen) atoms. The number of hydrogen-bond acceptors (Lipinski definition) is 4. The summed E-state index contributed by atoms with van der Waals surface area (Å²) >= 11 is 0. The van der Waals surface area contributed by atoms with Crippen LogP contribution in [0.5, 0.6) is 5.75 Å². The molecule has 0 aliphatic carbocycles. The Labute approximate surface area is 138 Å². The summed E-state index contributed by atoms with van der Waals surface area (Å²) in [5, 5.41) is 12.0. The maximum atomic E-state index is 12.2. The van der Waals surface area contributed by atoms with Gasteiger partial charge >= 0.3 is 6.36 Å². The predicted molar refractivity (Wildman–Crippen MR) is 81.8 cm³/mol. The van der Waals surface area contributed by atoms with Crippen LogP contribution in [0.3, 0.4) is 0 Å². The van der Waals surface area contributed by atoms with Gasteiger partial charge in [0.05, 0.1) is 6.61 Å². The lowest BCUT2D eigenvalue weighted by atomic mass is 10.0. The van der Waals surface area contributed by atoms with Crippen LogP contribution in [-0.2, 0) is 0 Å². The molecule has 0 saturated carbocycles. The number of aliphatic hydroxyl groups excluding tert-OH is 1. The topological polar surface area (TPSA) is 61.8 Å². The highest BCUT2D eigenvalue weighted by Crippen LogP contribution is 2.23. The van der Waals surface area contributed by atoms with Crippen LogP contribution in [0.15, 0.2) is 24.3 Å². The third kappa shape index (κ3) is 5.68. The zero-order chi connectivity index (χ0) is 17.6. The number of nitrogens with one attached hydrogen (secondary N) is 1. The van der Waals surface area contributed by atoms with Crippen LogP contribution in [0.4, 0.5) is 13.2 Å². The number of alkyl halides is 3. The monoisotopic (exact) mass is 346 g/mol. The first-order chi connectivity index (χ1) is 11.4. The molecule has 1 fully saturated rings. The molecule has 1 heterocycles. The smallest absolute Gasteiger partial charge is 0.406 e. The van der Waals surface area contributed by atoms with E-state index >= 15 is 0 Å². The number of halogens is 3. The largest absolute Gasteiger partial charge is 0.573 e. The summed E-state index contributed by atoms with van der Waals surface area (Å²) in [4.78, 5) is 14.2. The zero-order valence-electron chi connectivity index (χ0n) is 13.2. The van der Waals surface area contributed by atoms with Gasteiger partial charge in [-0.2, -0.15) is 0 Å². The summed E-state index contributed by atoms with van der Waals surface area (Å²) in [6.45, 7) is 1.91. The van der Waals surface area contributed by atoms with E-state index in [0.29, 0.717) is 13.1 Å². The van der Waals surface area contributed by atoms with E-state index in [1.165, 1.54) is 12.1 Å². The fraction of sp³-hybridized carbons (Fsp3) is 0.562. The van der Waals surface area contributed by atoms with E-state index in [9.17, 15) is 23.1 Å². The number of piperidine rings is 1. The number of amides is 1. The van der Waals surface area contributed by atoms with Gasteiger partial charge in [-0.1, -0.05) is 12.5 Å². The second kappa shape index (κ2) is 8.34. The van der Waals surface area contributed by atoms with Crippen molar-refractivity contribution < 1.29 is 27.8 Å². The van der Waals surface area contributed by atoms with E-state index in [4.69, 9.17) is 0 Å². The molecule has 0 radical (unpaired) electrons. The first kappa shape index (κ1) is 18.5. The van der Waals surface area contributed by atoms with Crippen molar-refractivity contribution in [2.24, 2.45) is 0 Å². The molecule has 1 aliphatic rings. The maximum absolute atomic E-state index is 12.2. The van der Waals surface area contributed by atoms with Gasteiger partial charge in [-0.15, -0.1) is 13.2 Å². The molecule has 1 aliphatic heterocycles. The first-order valence-electron chi connectivity index (χ1n) is 7.88. The minimum absolute atomic E-state index is 0.0881. The number of aliphatic hydroxyl groups is 1. The van der Waals surface area contributed by atoms with Gasteiger partial charge in [0, 0.05) is 24.7 Å². The molecule has 1 unspecified atom stereocenters. The van der Waals surface area contributed by atoms with E-state index in [1.54, 1.807) is 0 Å². The van der Waals surface area contributed by atoms with Crippen molar-refractivity contribution in [2.75, 3.05) is 26.2 Å². The minimum atomic E-state index is -4.79. The summed E-state index contributed by atoms with van der Waals surface area (Å²) in [5.74, 6) is -0.883. The Morgan fingerprint density at radius 1 is 1.38 bits per heavy atom. The van der Waals surface area contributed by atoms with Crippen molar-refractivity contribution in [3.05, 3.63) is 29.8 Å². The Kier molecular flexibility index (Phi) is 6.44. The number of likely N-dealkylation sites (tertiary alicyclic amines) is 1. The lowest BCUT2D eigenvalue weighted by Crippen LogP contribution is -2.45. The van der Waals surface area contributed by atoms with Gasteiger partial charge in [0.2, 0.25) is 0 Å². The van der Waals surface area contributed by atoms with Crippen LogP contribution in [0.25, 0.3) is 0 Å². The summed E-state index contributed by atoms with van der Waals surface area (Å²) < 4.78 is 40.4. The molecule has 5 nitrogen and oxygen atoms in total. The second-order valence-electron chi connectivity index (χ2n) is 5.70. The Bertz CT molecular complexity index is 552. The number of nitrogens with zero attached hydrogens (tertiary/aromatic N) is 1. The maximum Gasteiger partial charge on any atom is 0.573 e. The van der Waals surface area contributed by atoms with Crippen molar-refractivity contribution in [1.82, 2.24) is 10.2 Å². The molecular weight excluding hydrogens is 325 g/mol. The van der Waals surface area contributed by atoms with Crippen molar-refractivity contribution in [1.29, 1.82) is 0 Å². The highest BCUT2D eigenvalue weighted by Gasteiger charge is 2.31. The summed E-state index contributed by atoms with van der Waals surface area (Å²) in [5.41, 5.74) is 0.106. The quantitative estimate of drug-likeness (QED) is 0.829. The number of ether oxygens (including phenoxy) is 1. The van der Waals surface area contributed by atoms with E-state index in [2.05, 4.69) is 15.0 Å². The molecule has 0 bridgehead atoms. The summed E-state index contributed by atoms with van der Waals surface area (Å²) in [6, 6.07) is 5.07. The van der Waals surface area contributed by atoms with E-state index in [-0.39, 0.29) is 18.2 Å². The van der Waals surface area contributed by atoms with Crippen LogP contribution in [-0.4, -0.2) is 54.6 Å². The number of rotatable bonds is 6. The molecule has 8 heteroatoms. The van der Waals surface area contributed by atoms with Gasteiger partial charge in [-0.3, -0.25) is 9.69 Å². The molecule has 134 valence electrons. The molecule has 1 aromatic carbocycles. The van der Waals surface area contributed by atoms with Crippen LogP contribution in [0.2, 0.25) is 0 Å². The number of carbonyl (C=O) groups excluding carboxylic acids is 1. The lowest BCUT2D eigenvalue weighted by molar-refractivity contribution is -0.274. The molecule has 1 saturated heterocycles. The van der Waals surface area contributed by atoms with Gasteiger partial charge in [0.1, 0.15) is 5.75 Å². The molecule has 2 N–H and O–H groups in total. The van der Waals surface area contributed by atoms with Crippen molar-refractivity contribution in [2.45, 2.75) is 31.7 Å². The van der Waals surface area contributed by atoms with E-state index in [1.807, 2.05) is 0 Å². The van der Waals surface area contributed by atoms with Crippen molar-refractivity contribution >= 4 is 5.91 Å². The Balaban J connectivity index is 1.85. The van der Waals surface area contributed by atoms with E-state index < -0.39 is 18.0 Å². The van der Waals surface area contributed by atoms with Crippen LogP contribution in [0, 0.1) is 0 Å². The van der Waals surface area contributed by atoms with Gasteiger partial charge in [0.25, 0.3) is 5.91 Å². The van der Waals surface area contributed by atoms with Gasteiger partial charge < -0.3 is 15.2 Å². The average Bonchev–Trinajstić information content (AvgIpc) is 2.54. The molecule has 1 aromatic rings. The van der Waals surface area contributed by atoms with Crippen LogP contribution >= 0.6 is 0 Å². The molecule has 0 spiro atoms. The van der Waals surface area contributed by atoms with Gasteiger partial charge in [-0.05, 0) is 37.6 Å². The Hall–Kier alpha value is -1.80. The Morgan fingerprint density at radius 2 is 2.17 bits per heavy atom. The third-order valence-corrected chi connectivity index (χ3v) is 3.97. The SMILES string of the molecule is O=C(NCCN1CCCCC1CO)c1cccc(OC(F)(F)F)c1. The second-order valence-corrected chi connectivity index (χ2v) is 5.70. The van der Waals surface area contributed by atoms with E-state index in [0.717, 1.165) is 37.9 Å². The standard InChI is InChI=1S/C16H21F3N2O3/c17-16(18,19)24-14-6-3-4-12(10-14)15(23)20-7-9-21-8-2-1-5-13(21)11-22/h3-4,6,10,13,22H,1-2,5,7-9,11H2,(H,20,23). The molecule has 1 atom stereocenters. The van der Waals surface area contributed by atoms with Crippen LogP contribution in [0.1, 0.15) is 29.6 Å². The normalized spacial score (nSPS) is 19.1. The summed E-state index contributed by atoms with van der Waals surface area (Å²) in [6.07, 6.45) is -1.72. The minimum Gasteiger partial charge on any atom is -0.406 e. The van der Waals surface area contributed by atoms with Crippen molar-refractivity contribution in [3.63, 3.8) is 0 Å². The highest BCUT2D eigenvalue weighted by atomic mass is 19.4. The third-order valence-electron chi connectivity index (χ3n) is 3.97. The lowest BCUT2D eigenvalue weighted by Gasteiger charge is -2.34. The fourth-order valence-corrected chi connectivity index (χ4v) is 2.81. The Morgan fingerprint density at radius 3 is 2.88 bits per heavy atom. The molecule has 0 aromatic heterocycles. The molecule has 2 rings (SSSR count). The average molecular weight is 346 g/mol. The predicted octanol–water partition coefficient (Wildman–Crippen LogP) is 2.16. The number of benzene rings is 1. The fourth-order valence-electron chi connectivity index (χ4n) is 2.81. The molecular formula is C16H21F3N2O3. The first-order valence-corrected chi connectivity index (χ1v) is 7.88. The van der Waals surface area contributed by atoms with Crippen LogP contribution < -0.4 is 10.1 Å². The zero-order valence-corrected chi connectivity index (χ0v) is 13.2. The van der Waals surface area contributed by atoms with Crippen molar-refractivity contribution in [3.8, 4) is 5.75 Å².